The first-order valence-corrected chi connectivity index (χ1v) is 6.19. The second-order valence-corrected chi connectivity index (χ2v) is 4.33. The molecule has 1 aliphatic heterocycles. The Labute approximate surface area is 111 Å². The molecule has 1 aromatic heterocycles. The van der Waals surface area contributed by atoms with Crippen molar-refractivity contribution in [2.24, 2.45) is 5.10 Å². The molecule has 4 nitrogen and oxygen atoms in total. The SMILES string of the molecule is O=C(c1ccncc1)N1CCC(c2ccccc2)=N1. The third-order valence-corrected chi connectivity index (χ3v) is 3.07. The van der Waals surface area contributed by atoms with Gasteiger partial charge >= 0.3 is 0 Å². The quantitative estimate of drug-likeness (QED) is 0.822. The highest BCUT2D eigenvalue weighted by Gasteiger charge is 2.22. The number of benzene rings is 1. The molecule has 0 saturated carbocycles. The molecule has 3 rings (SSSR count). The standard InChI is InChI=1S/C15H13N3O/c19-15(13-6-9-16-10-7-13)18-11-8-14(17-18)12-4-2-1-3-5-12/h1-7,9-10H,8,11H2. The van der Waals surface area contributed by atoms with Crippen LogP contribution in [0.5, 0.6) is 0 Å². The van der Waals surface area contributed by atoms with E-state index in [1.54, 1.807) is 24.5 Å². The van der Waals surface area contributed by atoms with E-state index < -0.39 is 0 Å². The first kappa shape index (κ1) is 11.6. The van der Waals surface area contributed by atoms with Crippen LogP contribution < -0.4 is 0 Å². The van der Waals surface area contributed by atoms with Gasteiger partial charge in [0.25, 0.3) is 5.91 Å². The van der Waals surface area contributed by atoms with Crippen molar-refractivity contribution in [3.05, 3.63) is 66.0 Å². The highest BCUT2D eigenvalue weighted by molar-refractivity contribution is 6.04. The molecule has 0 atom stereocenters. The number of carbonyl (C=O) groups is 1. The smallest absolute Gasteiger partial charge is 0.267 e. The molecule has 0 N–H and O–H groups in total. The molecule has 0 fully saturated rings. The summed E-state index contributed by atoms with van der Waals surface area (Å²) in [6, 6.07) is 13.4. The van der Waals surface area contributed by atoms with Gasteiger partial charge in [0.15, 0.2) is 0 Å². The van der Waals surface area contributed by atoms with Crippen molar-refractivity contribution in [2.75, 3.05) is 6.54 Å². The van der Waals surface area contributed by atoms with Gasteiger partial charge < -0.3 is 0 Å². The predicted octanol–water partition coefficient (Wildman–Crippen LogP) is 2.33. The molecule has 1 aliphatic rings. The molecule has 0 saturated heterocycles. The Kier molecular flexibility index (Phi) is 3.06. The van der Waals surface area contributed by atoms with E-state index in [2.05, 4.69) is 10.1 Å². The number of nitrogens with zero attached hydrogens (tertiary/aromatic N) is 3. The number of aromatic nitrogens is 1. The second-order valence-electron chi connectivity index (χ2n) is 4.33. The summed E-state index contributed by atoms with van der Waals surface area (Å²) in [7, 11) is 0. The summed E-state index contributed by atoms with van der Waals surface area (Å²) >= 11 is 0. The molecule has 2 aromatic rings. The highest BCUT2D eigenvalue weighted by atomic mass is 16.2. The van der Waals surface area contributed by atoms with Gasteiger partial charge in [-0.05, 0) is 17.7 Å². The van der Waals surface area contributed by atoms with Crippen molar-refractivity contribution >= 4 is 11.6 Å². The Morgan fingerprint density at radius 1 is 1.05 bits per heavy atom. The topological polar surface area (TPSA) is 45.6 Å². The maximum absolute atomic E-state index is 12.2. The van der Waals surface area contributed by atoms with E-state index in [1.165, 1.54) is 5.01 Å². The fraction of sp³-hybridized carbons (Fsp3) is 0.133. The summed E-state index contributed by atoms with van der Waals surface area (Å²) in [5.74, 6) is -0.0756. The van der Waals surface area contributed by atoms with E-state index in [9.17, 15) is 4.79 Å². The van der Waals surface area contributed by atoms with Crippen molar-refractivity contribution in [3.63, 3.8) is 0 Å². The minimum absolute atomic E-state index is 0.0756. The normalized spacial score (nSPS) is 14.3. The van der Waals surface area contributed by atoms with Crippen molar-refractivity contribution in [2.45, 2.75) is 6.42 Å². The van der Waals surface area contributed by atoms with E-state index in [1.807, 2.05) is 30.3 Å². The fourth-order valence-corrected chi connectivity index (χ4v) is 2.08. The Morgan fingerprint density at radius 2 is 1.79 bits per heavy atom. The molecule has 19 heavy (non-hydrogen) atoms. The van der Waals surface area contributed by atoms with Crippen LogP contribution in [0.4, 0.5) is 0 Å². The number of carbonyl (C=O) groups excluding carboxylic acids is 1. The molecular formula is C15H13N3O. The first-order valence-electron chi connectivity index (χ1n) is 6.19. The van der Waals surface area contributed by atoms with Gasteiger partial charge in [-0.3, -0.25) is 9.78 Å². The summed E-state index contributed by atoms with van der Waals surface area (Å²) in [5.41, 5.74) is 2.66. The third kappa shape index (κ3) is 2.38. The lowest BCUT2D eigenvalue weighted by molar-refractivity contribution is 0.0778. The summed E-state index contributed by atoms with van der Waals surface area (Å²) in [6.45, 7) is 0.630. The van der Waals surface area contributed by atoms with E-state index in [-0.39, 0.29) is 5.91 Å². The summed E-state index contributed by atoms with van der Waals surface area (Å²) in [5, 5.41) is 5.94. The zero-order chi connectivity index (χ0) is 13.1. The van der Waals surface area contributed by atoms with Crippen molar-refractivity contribution in [1.29, 1.82) is 0 Å². The average Bonchev–Trinajstić information content (AvgIpc) is 2.98. The van der Waals surface area contributed by atoms with Crippen LogP contribution in [-0.2, 0) is 0 Å². The second kappa shape index (κ2) is 5.02. The Balaban J connectivity index is 1.82. The minimum atomic E-state index is -0.0756. The Bertz CT molecular complexity index is 608. The predicted molar refractivity (Wildman–Crippen MR) is 72.9 cm³/mol. The number of hydrogen-bond acceptors (Lipinski definition) is 3. The van der Waals surface area contributed by atoms with Crippen molar-refractivity contribution in [3.8, 4) is 0 Å². The summed E-state index contributed by atoms with van der Waals surface area (Å²) in [4.78, 5) is 16.1. The first-order chi connectivity index (χ1) is 9.34. The molecule has 0 spiro atoms. The molecule has 4 heteroatoms. The zero-order valence-electron chi connectivity index (χ0n) is 10.4. The maximum atomic E-state index is 12.2. The van der Waals surface area contributed by atoms with Gasteiger partial charge in [-0.1, -0.05) is 30.3 Å². The largest absolute Gasteiger partial charge is 0.274 e. The number of rotatable bonds is 2. The van der Waals surface area contributed by atoms with Gasteiger partial charge in [-0.15, -0.1) is 0 Å². The van der Waals surface area contributed by atoms with Gasteiger partial charge in [-0.25, -0.2) is 5.01 Å². The third-order valence-electron chi connectivity index (χ3n) is 3.07. The molecule has 1 aromatic carbocycles. The number of hydrogen-bond donors (Lipinski definition) is 0. The average molecular weight is 251 g/mol. The number of pyridine rings is 1. The van der Waals surface area contributed by atoms with E-state index in [0.29, 0.717) is 12.1 Å². The van der Waals surface area contributed by atoms with Gasteiger partial charge in [0.05, 0.1) is 12.3 Å². The Hall–Kier alpha value is -2.49. The van der Waals surface area contributed by atoms with Crippen LogP contribution in [-0.4, -0.2) is 28.2 Å². The maximum Gasteiger partial charge on any atom is 0.274 e. The van der Waals surface area contributed by atoms with Crippen LogP contribution in [0.3, 0.4) is 0 Å². The van der Waals surface area contributed by atoms with Crippen LogP contribution in [0, 0.1) is 0 Å². The minimum Gasteiger partial charge on any atom is -0.267 e. The van der Waals surface area contributed by atoms with Crippen molar-refractivity contribution < 1.29 is 4.79 Å². The summed E-state index contributed by atoms with van der Waals surface area (Å²) in [6.07, 6.45) is 4.02. The summed E-state index contributed by atoms with van der Waals surface area (Å²) < 4.78 is 0. The van der Waals surface area contributed by atoms with Crippen LogP contribution in [0.2, 0.25) is 0 Å². The van der Waals surface area contributed by atoms with Crippen LogP contribution >= 0.6 is 0 Å². The van der Waals surface area contributed by atoms with E-state index >= 15 is 0 Å². The van der Waals surface area contributed by atoms with Crippen LogP contribution in [0.15, 0.2) is 60.0 Å². The van der Waals surface area contributed by atoms with Gasteiger partial charge in [-0.2, -0.15) is 5.10 Å². The van der Waals surface area contributed by atoms with Gasteiger partial charge in [0, 0.05) is 24.4 Å². The number of hydrazone groups is 1. The lowest BCUT2D eigenvalue weighted by Gasteiger charge is -2.10. The highest BCUT2D eigenvalue weighted by Crippen LogP contribution is 2.15. The molecule has 0 aliphatic carbocycles. The zero-order valence-corrected chi connectivity index (χ0v) is 10.4. The van der Waals surface area contributed by atoms with Crippen molar-refractivity contribution in [1.82, 2.24) is 9.99 Å². The lowest BCUT2D eigenvalue weighted by atomic mass is 10.1. The van der Waals surface area contributed by atoms with E-state index in [0.717, 1.165) is 17.7 Å². The molecule has 0 unspecified atom stereocenters. The molecule has 0 radical (unpaired) electrons. The molecular weight excluding hydrogens is 238 g/mol. The molecule has 2 heterocycles. The molecule has 94 valence electrons. The van der Waals surface area contributed by atoms with Crippen LogP contribution in [0.25, 0.3) is 0 Å². The fourth-order valence-electron chi connectivity index (χ4n) is 2.08. The Morgan fingerprint density at radius 3 is 2.53 bits per heavy atom. The van der Waals surface area contributed by atoms with Gasteiger partial charge in [0.2, 0.25) is 0 Å². The lowest BCUT2D eigenvalue weighted by Crippen LogP contribution is -2.23. The van der Waals surface area contributed by atoms with Gasteiger partial charge in [0.1, 0.15) is 0 Å². The van der Waals surface area contributed by atoms with E-state index in [4.69, 9.17) is 0 Å². The van der Waals surface area contributed by atoms with Crippen LogP contribution in [0.1, 0.15) is 22.3 Å². The monoisotopic (exact) mass is 251 g/mol. The molecule has 0 bridgehead atoms. The molecule has 1 amide bonds. The number of amides is 1.